The fourth-order valence-electron chi connectivity index (χ4n) is 3.97. The Bertz CT molecular complexity index is 1380. The Morgan fingerprint density at radius 1 is 1.09 bits per heavy atom. The van der Waals surface area contributed by atoms with E-state index in [-0.39, 0.29) is 4.90 Å². The van der Waals surface area contributed by atoms with Crippen LogP contribution in [0.4, 0.5) is 0 Å². The molecule has 0 N–H and O–H groups in total. The second-order valence-corrected chi connectivity index (χ2v) is 10.7. The summed E-state index contributed by atoms with van der Waals surface area (Å²) in [5.74, 6) is 1.40. The van der Waals surface area contributed by atoms with Gasteiger partial charge in [-0.15, -0.1) is 5.10 Å². The highest BCUT2D eigenvalue weighted by molar-refractivity contribution is 7.98. The van der Waals surface area contributed by atoms with Gasteiger partial charge in [-0.3, -0.25) is 0 Å². The zero-order valence-corrected chi connectivity index (χ0v) is 20.4. The quantitative estimate of drug-likeness (QED) is 0.341. The maximum absolute atomic E-state index is 13.1. The van der Waals surface area contributed by atoms with Crippen LogP contribution in [-0.2, 0) is 27.1 Å². The van der Waals surface area contributed by atoms with Gasteiger partial charge in [0.15, 0.2) is 0 Å². The van der Waals surface area contributed by atoms with Gasteiger partial charge in [0.2, 0.25) is 15.2 Å². The number of benzene rings is 2. The predicted octanol–water partition coefficient (Wildman–Crippen LogP) is 2.74. The van der Waals surface area contributed by atoms with Crippen LogP contribution in [0, 0.1) is 0 Å². The SMILES string of the molecule is CCCn1c(CSc2nnnn2-c2ccccc2)nc2cc(S(=O)(=O)N3CCOCC3)ccc21. The molecule has 1 saturated heterocycles. The minimum atomic E-state index is -3.58. The van der Waals surface area contributed by atoms with Gasteiger partial charge in [-0.05, 0) is 47.2 Å². The Kier molecular flexibility index (Phi) is 6.63. The van der Waals surface area contributed by atoms with Crippen LogP contribution in [-0.4, -0.2) is 68.8 Å². The van der Waals surface area contributed by atoms with Crippen LogP contribution in [0.5, 0.6) is 0 Å². The van der Waals surface area contributed by atoms with Gasteiger partial charge in [0.1, 0.15) is 5.82 Å². The number of aromatic nitrogens is 6. The summed E-state index contributed by atoms with van der Waals surface area (Å²) >= 11 is 1.49. The highest BCUT2D eigenvalue weighted by Gasteiger charge is 2.27. The molecule has 1 fully saturated rings. The molecule has 2 aromatic carbocycles. The van der Waals surface area contributed by atoms with Crippen LogP contribution in [0.25, 0.3) is 16.7 Å². The Hall–Kier alpha value is -2.80. The van der Waals surface area contributed by atoms with E-state index in [1.165, 1.54) is 16.1 Å². The third-order valence-electron chi connectivity index (χ3n) is 5.63. The van der Waals surface area contributed by atoms with E-state index >= 15 is 0 Å². The van der Waals surface area contributed by atoms with Gasteiger partial charge in [-0.25, -0.2) is 13.4 Å². The van der Waals surface area contributed by atoms with Crippen molar-refractivity contribution in [1.82, 2.24) is 34.1 Å². The normalized spacial score (nSPS) is 15.2. The van der Waals surface area contributed by atoms with Gasteiger partial charge in [0.05, 0.1) is 40.6 Å². The Balaban J connectivity index is 1.44. The zero-order chi connectivity index (χ0) is 23.5. The molecule has 12 heteroatoms. The van der Waals surface area contributed by atoms with E-state index < -0.39 is 10.0 Å². The zero-order valence-electron chi connectivity index (χ0n) is 18.7. The number of nitrogens with zero attached hydrogens (tertiary/aromatic N) is 7. The molecular weight excluding hydrogens is 474 g/mol. The molecule has 0 aliphatic carbocycles. The van der Waals surface area contributed by atoms with Crippen molar-refractivity contribution in [3.63, 3.8) is 0 Å². The minimum absolute atomic E-state index is 0.260. The molecule has 0 amide bonds. The number of aryl methyl sites for hydroxylation is 1. The summed E-state index contributed by atoms with van der Waals surface area (Å²) in [6.07, 6.45) is 0.929. The first-order valence-electron chi connectivity index (χ1n) is 11.1. The van der Waals surface area contributed by atoms with E-state index in [2.05, 4.69) is 27.0 Å². The van der Waals surface area contributed by atoms with Crippen LogP contribution in [0.3, 0.4) is 0 Å². The lowest BCUT2D eigenvalue weighted by Crippen LogP contribution is -2.40. The summed E-state index contributed by atoms with van der Waals surface area (Å²) in [5.41, 5.74) is 2.47. The molecule has 3 heterocycles. The highest BCUT2D eigenvalue weighted by Crippen LogP contribution is 2.27. The van der Waals surface area contributed by atoms with Crippen LogP contribution in [0.2, 0.25) is 0 Å². The lowest BCUT2D eigenvalue weighted by molar-refractivity contribution is 0.0730. The van der Waals surface area contributed by atoms with Crippen molar-refractivity contribution in [3.05, 3.63) is 54.4 Å². The van der Waals surface area contributed by atoms with E-state index in [0.717, 1.165) is 30.0 Å². The van der Waals surface area contributed by atoms with Crippen molar-refractivity contribution >= 4 is 32.8 Å². The molecular formula is C22H25N7O3S2. The van der Waals surface area contributed by atoms with E-state index in [1.807, 2.05) is 36.4 Å². The minimum Gasteiger partial charge on any atom is -0.379 e. The third-order valence-corrected chi connectivity index (χ3v) is 8.44. The Morgan fingerprint density at radius 2 is 1.88 bits per heavy atom. The fraction of sp³-hybridized carbons (Fsp3) is 0.364. The number of thioether (sulfide) groups is 1. The Labute approximate surface area is 202 Å². The van der Waals surface area contributed by atoms with E-state index in [9.17, 15) is 8.42 Å². The molecule has 0 unspecified atom stereocenters. The second kappa shape index (κ2) is 9.82. The predicted molar refractivity (Wildman–Crippen MR) is 128 cm³/mol. The molecule has 1 aliphatic rings. The second-order valence-electron chi connectivity index (χ2n) is 7.84. The standard InChI is InChI=1S/C22H25N7O3S2/c1-2-10-28-20-9-8-18(34(30,31)27-11-13-32-14-12-27)15-19(20)23-21(28)16-33-22-24-25-26-29(22)17-6-4-3-5-7-17/h3-9,15H,2,10-14,16H2,1H3. The molecule has 10 nitrogen and oxygen atoms in total. The molecule has 0 saturated carbocycles. The summed E-state index contributed by atoms with van der Waals surface area (Å²) in [6.45, 7) is 4.44. The smallest absolute Gasteiger partial charge is 0.243 e. The van der Waals surface area contributed by atoms with Crippen LogP contribution in [0.1, 0.15) is 19.2 Å². The molecule has 1 aliphatic heterocycles. The lowest BCUT2D eigenvalue weighted by Gasteiger charge is -2.26. The molecule has 0 radical (unpaired) electrons. The van der Waals surface area contributed by atoms with Gasteiger partial charge in [-0.1, -0.05) is 36.9 Å². The van der Waals surface area contributed by atoms with Gasteiger partial charge >= 0.3 is 0 Å². The van der Waals surface area contributed by atoms with Crippen LogP contribution in [0.15, 0.2) is 58.6 Å². The van der Waals surface area contributed by atoms with Gasteiger partial charge in [-0.2, -0.15) is 8.99 Å². The van der Waals surface area contributed by atoms with Crippen molar-refractivity contribution in [2.45, 2.75) is 35.7 Å². The van der Waals surface area contributed by atoms with Gasteiger partial charge in [0, 0.05) is 19.6 Å². The molecule has 5 rings (SSSR count). The summed E-state index contributed by atoms with van der Waals surface area (Å²) in [6, 6.07) is 14.9. The molecule has 4 aromatic rings. The van der Waals surface area contributed by atoms with Crippen molar-refractivity contribution in [3.8, 4) is 5.69 Å². The number of imidazole rings is 1. The van der Waals surface area contributed by atoms with Crippen LogP contribution >= 0.6 is 11.8 Å². The number of sulfonamides is 1. The van der Waals surface area contributed by atoms with Gasteiger partial charge < -0.3 is 9.30 Å². The fourth-order valence-corrected chi connectivity index (χ4v) is 6.23. The summed E-state index contributed by atoms with van der Waals surface area (Å²) in [4.78, 5) is 5.07. The molecule has 178 valence electrons. The lowest BCUT2D eigenvalue weighted by atomic mass is 10.3. The molecule has 34 heavy (non-hydrogen) atoms. The van der Waals surface area contributed by atoms with Gasteiger partial charge in [0.25, 0.3) is 0 Å². The van der Waals surface area contributed by atoms with E-state index in [4.69, 9.17) is 9.72 Å². The number of para-hydroxylation sites is 1. The maximum Gasteiger partial charge on any atom is 0.243 e. The summed E-state index contributed by atoms with van der Waals surface area (Å²) < 4.78 is 36.8. The first-order chi connectivity index (χ1) is 16.6. The van der Waals surface area contributed by atoms with Crippen molar-refractivity contribution in [1.29, 1.82) is 0 Å². The first kappa shape index (κ1) is 23.0. The monoisotopic (exact) mass is 499 g/mol. The third kappa shape index (κ3) is 4.45. The number of rotatable bonds is 8. The van der Waals surface area contributed by atoms with Crippen molar-refractivity contribution in [2.75, 3.05) is 26.3 Å². The topological polar surface area (TPSA) is 108 Å². The summed E-state index contributed by atoms with van der Waals surface area (Å²) in [7, 11) is -3.58. The molecule has 0 spiro atoms. The maximum atomic E-state index is 13.1. The van der Waals surface area contributed by atoms with Crippen molar-refractivity contribution in [2.24, 2.45) is 0 Å². The van der Waals surface area contributed by atoms with E-state index in [0.29, 0.717) is 42.7 Å². The number of fused-ring (bicyclic) bond motifs is 1. The number of morpholine rings is 1. The molecule has 2 aromatic heterocycles. The molecule has 0 bridgehead atoms. The number of hydrogen-bond acceptors (Lipinski definition) is 8. The van der Waals surface area contributed by atoms with E-state index in [1.54, 1.807) is 16.8 Å². The number of hydrogen-bond donors (Lipinski definition) is 0. The number of ether oxygens (including phenoxy) is 1. The number of tetrazole rings is 1. The van der Waals surface area contributed by atoms with Crippen LogP contribution < -0.4 is 0 Å². The average molecular weight is 500 g/mol. The largest absolute Gasteiger partial charge is 0.379 e. The Morgan fingerprint density at radius 3 is 2.65 bits per heavy atom. The van der Waals surface area contributed by atoms with Crippen molar-refractivity contribution < 1.29 is 13.2 Å². The average Bonchev–Trinajstić information content (AvgIpc) is 3.48. The summed E-state index contributed by atoms with van der Waals surface area (Å²) in [5, 5.41) is 12.8. The molecule has 0 atom stereocenters. The first-order valence-corrected chi connectivity index (χ1v) is 13.5. The highest BCUT2D eigenvalue weighted by atomic mass is 32.2.